The maximum atomic E-state index is 12.1. The maximum Gasteiger partial charge on any atom is 0.339 e. The molecule has 0 heterocycles. The van der Waals surface area contributed by atoms with Gasteiger partial charge in [-0.25, -0.2) is 13.2 Å². The maximum absolute atomic E-state index is 12.1. The lowest BCUT2D eigenvalue weighted by Crippen LogP contribution is -2.26. The van der Waals surface area contributed by atoms with Crippen LogP contribution >= 0.6 is 0 Å². The van der Waals surface area contributed by atoms with Crippen molar-refractivity contribution in [3.05, 3.63) is 65.7 Å². The van der Waals surface area contributed by atoms with Crippen molar-refractivity contribution >= 4 is 21.7 Å². The van der Waals surface area contributed by atoms with E-state index in [-0.39, 0.29) is 10.5 Å². The molecular weight excluding hydrogens is 318 g/mol. The van der Waals surface area contributed by atoms with Crippen molar-refractivity contribution in [3.63, 3.8) is 0 Å². The molecule has 1 amide bonds. The van der Waals surface area contributed by atoms with E-state index in [1.165, 1.54) is 24.3 Å². The number of hydrogen-bond acceptors (Lipinski definition) is 5. The van der Waals surface area contributed by atoms with Gasteiger partial charge in [0.25, 0.3) is 5.91 Å². The van der Waals surface area contributed by atoms with Crippen LogP contribution in [0.25, 0.3) is 0 Å². The van der Waals surface area contributed by atoms with Crippen molar-refractivity contribution in [3.8, 4) is 0 Å². The molecule has 0 fully saturated rings. The van der Waals surface area contributed by atoms with Crippen LogP contribution in [-0.4, -0.2) is 26.6 Å². The Kier molecular flexibility index (Phi) is 4.80. The standard InChI is InChI=1S/C16H15NO5S/c1-23(20,21)13-9-7-12(8-10-13)16(19)22-14(15(17)18)11-5-3-2-4-6-11/h2-10,14H,1H3,(H2,17,18). The largest absolute Gasteiger partial charge is 0.444 e. The Morgan fingerprint density at radius 2 is 1.57 bits per heavy atom. The molecule has 0 aliphatic rings. The molecule has 0 bridgehead atoms. The second-order valence-electron chi connectivity index (χ2n) is 4.89. The van der Waals surface area contributed by atoms with Gasteiger partial charge in [0, 0.05) is 11.8 Å². The Balaban J connectivity index is 2.21. The van der Waals surface area contributed by atoms with Gasteiger partial charge >= 0.3 is 5.97 Å². The highest BCUT2D eigenvalue weighted by molar-refractivity contribution is 7.90. The summed E-state index contributed by atoms with van der Waals surface area (Å²) in [6.45, 7) is 0. The van der Waals surface area contributed by atoms with Crippen LogP contribution in [0.5, 0.6) is 0 Å². The van der Waals surface area contributed by atoms with E-state index < -0.39 is 27.8 Å². The zero-order valence-electron chi connectivity index (χ0n) is 12.3. The number of hydrogen-bond donors (Lipinski definition) is 1. The average Bonchev–Trinajstić information content (AvgIpc) is 2.52. The quantitative estimate of drug-likeness (QED) is 0.835. The molecule has 1 unspecified atom stereocenters. The molecule has 2 rings (SSSR count). The van der Waals surface area contributed by atoms with Crippen molar-refractivity contribution in [2.45, 2.75) is 11.0 Å². The van der Waals surface area contributed by atoms with Crippen molar-refractivity contribution < 1.29 is 22.7 Å². The number of amides is 1. The van der Waals surface area contributed by atoms with Gasteiger partial charge in [0.15, 0.2) is 9.84 Å². The van der Waals surface area contributed by atoms with Crippen LogP contribution in [0.2, 0.25) is 0 Å². The van der Waals surface area contributed by atoms with E-state index in [4.69, 9.17) is 10.5 Å². The SMILES string of the molecule is CS(=O)(=O)c1ccc(C(=O)OC(C(N)=O)c2ccccc2)cc1. The topological polar surface area (TPSA) is 104 Å². The summed E-state index contributed by atoms with van der Waals surface area (Å²) in [5, 5.41) is 0. The molecule has 1 atom stereocenters. The molecule has 0 aliphatic heterocycles. The Labute approximate surface area is 133 Å². The molecule has 2 N–H and O–H groups in total. The number of ether oxygens (including phenoxy) is 1. The van der Waals surface area contributed by atoms with E-state index in [1.807, 2.05) is 0 Å². The van der Waals surface area contributed by atoms with E-state index in [1.54, 1.807) is 30.3 Å². The van der Waals surface area contributed by atoms with E-state index in [0.717, 1.165) is 6.26 Å². The highest BCUT2D eigenvalue weighted by Gasteiger charge is 2.23. The molecule has 0 radical (unpaired) electrons. The Morgan fingerprint density at radius 3 is 2.04 bits per heavy atom. The minimum absolute atomic E-state index is 0.0866. The highest BCUT2D eigenvalue weighted by Crippen LogP contribution is 2.19. The predicted molar refractivity (Wildman–Crippen MR) is 83.3 cm³/mol. The van der Waals surface area contributed by atoms with Gasteiger partial charge < -0.3 is 10.5 Å². The molecule has 0 aliphatic carbocycles. The van der Waals surface area contributed by atoms with Gasteiger partial charge in [-0.3, -0.25) is 4.79 Å². The number of carbonyl (C=O) groups is 2. The smallest absolute Gasteiger partial charge is 0.339 e. The molecule has 2 aromatic rings. The number of benzene rings is 2. The van der Waals surface area contributed by atoms with Crippen LogP contribution in [0.15, 0.2) is 59.5 Å². The summed E-state index contributed by atoms with van der Waals surface area (Å²) in [6, 6.07) is 13.6. The molecule has 120 valence electrons. The van der Waals surface area contributed by atoms with Crippen molar-refractivity contribution in [1.82, 2.24) is 0 Å². The van der Waals surface area contributed by atoms with E-state index in [0.29, 0.717) is 5.56 Å². The van der Waals surface area contributed by atoms with Crippen molar-refractivity contribution in [1.29, 1.82) is 0 Å². The summed E-state index contributed by atoms with van der Waals surface area (Å²) in [6.07, 6.45) is -0.142. The van der Waals surface area contributed by atoms with Gasteiger partial charge in [-0.15, -0.1) is 0 Å². The van der Waals surface area contributed by atoms with Crippen LogP contribution < -0.4 is 5.73 Å². The monoisotopic (exact) mass is 333 g/mol. The molecule has 0 saturated heterocycles. The number of primary amides is 1. The number of carbonyl (C=O) groups excluding carboxylic acids is 2. The van der Waals surface area contributed by atoms with E-state index in [2.05, 4.69) is 0 Å². The number of nitrogens with two attached hydrogens (primary N) is 1. The molecule has 0 aromatic heterocycles. The summed E-state index contributed by atoms with van der Waals surface area (Å²) in [5.41, 5.74) is 5.86. The molecule has 0 saturated carbocycles. The second kappa shape index (κ2) is 6.62. The lowest BCUT2D eigenvalue weighted by atomic mass is 10.1. The average molecular weight is 333 g/mol. The normalized spacial score (nSPS) is 12.4. The molecule has 23 heavy (non-hydrogen) atoms. The number of esters is 1. The van der Waals surface area contributed by atoms with Gasteiger partial charge in [-0.2, -0.15) is 0 Å². The second-order valence-corrected chi connectivity index (χ2v) is 6.91. The first kappa shape index (κ1) is 16.7. The van der Waals surface area contributed by atoms with Crippen molar-refractivity contribution in [2.24, 2.45) is 5.73 Å². The highest BCUT2D eigenvalue weighted by atomic mass is 32.2. The summed E-state index contributed by atoms with van der Waals surface area (Å²) in [5.74, 6) is -1.56. The molecule has 7 heteroatoms. The fourth-order valence-electron chi connectivity index (χ4n) is 1.93. The molecule has 6 nitrogen and oxygen atoms in total. The Morgan fingerprint density at radius 1 is 1.00 bits per heavy atom. The zero-order valence-corrected chi connectivity index (χ0v) is 13.1. The first-order valence-corrected chi connectivity index (χ1v) is 8.53. The third kappa shape index (κ3) is 4.17. The third-order valence-electron chi connectivity index (χ3n) is 3.10. The van der Waals surface area contributed by atoms with Gasteiger partial charge in [0.05, 0.1) is 10.5 Å². The van der Waals surface area contributed by atoms with Gasteiger partial charge in [0.2, 0.25) is 6.10 Å². The number of sulfone groups is 1. The number of rotatable bonds is 5. The fraction of sp³-hybridized carbons (Fsp3) is 0.125. The summed E-state index contributed by atoms with van der Waals surface area (Å²) < 4.78 is 27.9. The molecular formula is C16H15NO5S. The lowest BCUT2D eigenvalue weighted by Gasteiger charge is -2.15. The van der Waals surface area contributed by atoms with Crippen LogP contribution in [-0.2, 0) is 19.4 Å². The first-order chi connectivity index (χ1) is 10.8. The summed E-state index contributed by atoms with van der Waals surface area (Å²) in [4.78, 5) is 23.7. The summed E-state index contributed by atoms with van der Waals surface area (Å²) >= 11 is 0. The van der Waals surface area contributed by atoms with E-state index >= 15 is 0 Å². The van der Waals surface area contributed by atoms with Crippen molar-refractivity contribution in [2.75, 3.05) is 6.26 Å². The Hall–Kier alpha value is -2.67. The minimum atomic E-state index is -3.35. The van der Waals surface area contributed by atoms with Crippen LogP contribution in [0.3, 0.4) is 0 Å². The molecule has 0 spiro atoms. The molecule has 2 aromatic carbocycles. The minimum Gasteiger partial charge on any atom is -0.444 e. The summed E-state index contributed by atoms with van der Waals surface area (Å²) in [7, 11) is -3.35. The van der Waals surface area contributed by atoms with E-state index in [9.17, 15) is 18.0 Å². The van der Waals surface area contributed by atoms with Gasteiger partial charge in [-0.05, 0) is 24.3 Å². The lowest BCUT2D eigenvalue weighted by molar-refractivity contribution is -0.127. The predicted octanol–water partition coefficient (Wildman–Crippen LogP) is 1.47. The Bertz CT molecular complexity index is 813. The third-order valence-corrected chi connectivity index (χ3v) is 4.23. The van der Waals surface area contributed by atoms with Crippen LogP contribution in [0.4, 0.5) is 0 Å². The first-order valence-electron chi connectivity index (χ1n) is 6.64. The van der Waals surface area contributed by atoms with Crippen LogP contribution in [0.1, 0.15) is 22.0 Å². The van der Waals surface area contributed by atoms with Crippen LogP contribution in [0, 0.1) is 0 Å². The fourth-order valence-corrected chi connectivity index (χ4v) is 2.56. The zero-order chi connectivity index (χ0) is 17.0. The van der Waals surface area contributed by atoms with Gasteiger partial charge in [-0.1, -0.05) is 30.3 Å². The van der Waals surface area contributed by atoms with Gasteiger partial charge in [0.1, 0.15) is 0 Å².